The fourth-order valence-corrected chi connectivity index (χ4v) is 12.6. The van der Waals surface area contributed by atoms with Crippen molar-refractivity contribution in [3.05, 3.63) is 199 Å². The van der Waals surface area contributed by atoms with Gasteiger partial charge in [-0.25, -0.2) is 0 Å². The van der Waals surface area contributed by atoms with Gasteiger partial charge in [-0.1, -0.05) is 173 Å². The number of anilines is 3. The second-order valence-electron chi connectivity index (χ2n) is 19.4. The molecule has 3 aliphatic carbocycles. The Labute approximate surface area is 362 Å². The van der Waals surface area contributed by atoms with Gasteiger partial charge in [0.15, 0.2) is 0 Å². The summed E-state index contributed by atoms with van der Waals surface area (Å²) in [6, 6.07) is 68.4. The molecule has 8 aromatic carbocycles. The molecule has 2 fully saturated rings. The second-order valence-corrected chi connectivity index (χ2v) is 19.4. The maximum atomic E-state index is 2.49. The van der Waals surface area contributed by atoms with Crippen LogP contribution in [0.2, 0.25) is 0 Å². The minimum atomic E-state index is -0.0997. The average molecular weight is 790 g/mol. The molecule has 0 heterocycles. The van der Waals surface area contributed by atoms with Gasteiger partial charge in [0.2, 0.25) is 0 Å². The molecule has 0 N–H and O–H groups in total. The lowest BCUT2D eigenvalue weighted by Gasteiger charge is -2.50. The fourth-order valence-electron chi connectivity index (χ4n) is 12.6. The summed E-state index contributed by atoms with van der Waals surface area (Å²) in [5.74, 6) is 2.42. The van der Waals surface area contributed by atoms with Crippen LogP contribution in [0.15, 0.2) is 182 Å². The third-order valence-corrected chi connectivity index (χ3v) is 14.8. The third kappa shape index (κ3) is 6.44. The van der Waals surface area contributed by atoms with E-state index in [9.17, 15) is 0 Å². The molecule has 300 valence electrons. The van der Waals surface area contributed by atoms with Crippen molar-refractivity contribution >= 4 is 27.8 Å². The summed E-state index contributed by atoms with van der Waals surface area (Å²) in [5, 5.41) is 2.55. The Bertz CT molecular complexity index is 2870. The standard InChI is InChI=1S/C60H55N/c1-40-34-42-35-41(2)38-60(37-40,39-42)47-28-32-49(33-29-47)61(50-19-10-18-46(36-50)53-23-13-24-55-54-20-8-9-25-56(54)59(3,4)58(53)55)48-30-26-44(27-31-48)52-22-12-17-45-16-11-21-51(57(45)52)43-14-6-5-7-15-43/h5-33,36,40-42H,34-35,37-39H2,1-4H3. The number of hydrogen-bond acceptors (Lipinski definition) is 1. The zero-order chi connectivity index (χ0) is 41.3. The van der Waals surface area contributed by atoms with Crippen LogP contribution in [0.3, 0.4) is 0 Å². The highest BCUT2D eigenvalue weighted by Gasteiger charge is 2.45. The Balaban J connectivity index is 1.03. The topological polar surface area (TPSA) is 3.24 Å². The first kappa shape index (κ1) is 37.8. The van der Waals surface area contributed by atoms with Crippen LogP contribution in [0.5, 0.6) is 0 Å². The van der Waals surface area contributed by atoms with Gasteiger partial charge in [0, 0.05) is 22.5 Å². The van der Waals surface area contributed by atoms with E-state index >= 15 is 0 Å². The molecule has 1 nitrogen and oxygen atoms in total. The quantitative estimate of drug-likeness (QED) is 0.155. The van der Waals surface area contributed by atoms with Crippen LogP contribution >= 0.6 is 0 Å². The van der Waals surface area contributed by atoms with Gasteiger partial charge < -0.3 is 4.90 Å². The number of nitrogens with zero attached hydrogens (tertiary/aromatic N) is 1. The number of hydrogen-bond donors (Lipinski definition) is 0. The first-order chi connectivity index (χ1) is 29.8. The highest BCUT2D eigenvalue weighted by Crippen LogP contribution is 2.55. The zero-order valence-electron chi connectivity index (χ0n) is 36.0. The monoisotopic (exact) mass is 789 g/mol. The molecule has 0 spiro atoms. The summed E-state index contributed by atoms with van der Waals surface area (Å²) < 4.78 is 0. The Morgan fingerprint density at radius 2 is 0.984 bits per heavy atom. The van der Waals surface area contributed by atoms with Crippen molar-refractivity contribution < 1.29 is 0 Å². The summed E-state index contributed by atoms with van der Waals surface area (Å²) >= 11 is 0. The molecule has 61 heavy (non-hydrogen) atoms. The van der Waals surface area contributed by atoms with Crippen LogP contribution < -0.4 is 4.90 Å². The largest absolute Gasteiger partial charge is 0.310 e. The molecule has 2 saturated carbocycles. The van der Waals surface area contributed by atoms with Crippen molar-refractivity contribution in [3.63, 3.8) is 0 Å². The Morgan fingerprint density at radius 1 is 0.443 bits per heavy atom. The van der Waals surface area contributed by atoms with Gasteiger partial charge >= 0.3 is 0 Å². The van der Waals surface area contributed by atoms with Crippen molar-refractivity contribution in [2.45, 2.75) is 70.6 Å². The molecular weight excluding hydrogens is 735 g/mol. The van der Waals surface area contributed by atoms with E-state index in [1.807, 2.05) is 0 Å². The fraction of sp³-hybridized carbons (Fsp3) is 0.233. The van der Waals surface area contributed by atoms with E-state index in [1.165, 1.54) is 110 Å². The molecule has 0 aromatic heterocycles. The average Bonchev–Trinajstić information content (AvgIpc) is 3.52. The molecule has 0 amide bonds. The van der Waals surface area contributed by atoms with E-state index in [0.717, 1.165) is 29.1 Å². The van der Waals surface area contributed by atoms with E-state index in [1.54, 1.807) is 0 Å². The Kier molecular flexibility index (Phi) is 9.15. The number of rotatable bonds is 7. The third-order valence-electron chi connectivity index (χ3n) is 14.8. The predicted octanol–water partition coefficient (Wildman–Crippen LogP) is 16.7. The van der Waals surface area contributed by atoms with Crippen molar-refractivity contribution in [1.82, 2.24) is 0 Å². The highest BCUT2D eigenvalue weighted by molar-refractivity contribution is 6.06. The number of benzene rings is 8. The highest BCUT2D eigenvalue weighted by atomic mass is 15.1. The molecule has 2 atom stereocenters. The molecular formula is C60H55N. The van der Waals surface area contributed by atoms with Crippen LogP contribution in [-0.4, -0.2) is 0 Å². The van der Waals surface area contributed by atoms with Crippen molar-refractivity contribution in [3.8, 4) is 44.5 Å². The molecule has 2 bridgehead atoms. The van der Waals surface area contributed by atoms with Crippen LogP contribution in [0.1, 0.15) is 76.5 Å². The maximum absolute atomic E-state index is 2.49. The Morgan fingerprint density at radius 3 is 1.69 bits per heavy atom. The summed E-state index contributed by atoms with van der Waals surface area (Å²) in [6.45, 7) is 9.76. The molecule has 8 aromatic rings. The summed E-state index contributed by atoms with van der Waals surface area (Å²) in [4.78, 5) is 2.48. The van der Waals surface area contributed by atoms with Gasteiger partial charge in [-0.3, -0.25) is 0 Å². The summed E-state index contributed by atoms with van der Waals surface area (Å²) in [5.41, 5.74) is 18.3. The van der Waals surface area contributed by atoms with E-state index < -0.39 is 0 Å². The van der Waals surface area contributed by atoms with E-state index in [2.05, 4.69) is 215 Å². The summed E-state index contributed by atoms with van der Waals surface area (Å²) in [6.07, 6.45) is 6.75. The Hall–Kier alpha value is -6.18. The van der Waals surface area contributed by atoms with E-state index in [4.69, 9.17) is 0 Å². The normalized spacial score (nSPS) is 21.1. The first-order valence-corrected chi connectivity index (χ1v) is 22.7. The van der Waals surface area contributed by atoms with Crippen LogP contribution in [0.4, 0.5) is 17.1 Å². The van der Waals surface area contributed by atoms with Gasteiger partial charge in [-0.05, 0) is 164 Å². The molecule has 1 heteroatoms. The van der Waals surface area contributed by atoms with Gasteiger partial charge in [0.25, 0.3) is 0 Å². The van der Waals surface area contributed by atoms with Crippen LogP contribution in [0.25, 0.3) is 55.3 Å². The minimum absolute atomic E-state index is 0.0997. The smallest absolute Gasteiger partial charge is 0.0467 e. The van der Waals surface area contributed by atoms with Gasteiger partial charge in [0.1, 0.15) is 0 Å². The zero-order valence-corrected chi connectivity index (χ0v) is 36.0. The van der Waals surface area contributed by atoms with Gasteiger partial charge in [0.05, 0.1) is 0 Å². The molecule has 3 aliphatic rings. The molecule has 2 unspecified atom stereocenters. The lowest BCUT2D eigenvalue weighted by molar-refractivity contribution is 0.0780. The minimum Gasteiger partial charge on any atom is -0.310 e. The molecule has 0 saturated heterocycles. The molecule has 0 aliphatic heterocycles. The predicted molar refractivity (Wildman–Crippen MR) is 259 cm³/mol. The first-order valence-electron chi connectivity index (χ1n) is 22.7. The number of fused-ring (bicyclic) bond motifs is 6. The lowest BCUT2D eigenvalue weighted by atomic mass is 9.54. The SMILES string of the molecule is CC1CC2CC(C)CC(c3ccc(N(c4ccc(-c5cccc6cccc(-c7ccccc7)c56)cc4)c4cccc(-c5cccc6c5C(C)(C)c5ccccc5-6)c4)cc3)(C1)C2. The van der Waals surface area contributed by atoms with Crippen LogP contribution in [0, 0.1) is 17.8 Å². The maximum Gasteiger partial charge on any atom is 0.0467 e. The van der Waals surface area contributed by atoms with Gasteiger partial charge in [-0.15, -0.1) is 0 Å². The summed E-state index contributed by atoms with van der Waals surface area (Å²) in [7, 11) is 0. The lowest BCUT2D eigenvalue weighted by Crippen LogP contribution is -2.42. The second kappa shape index (κ2) is 14.8. The molecule has 11 rings (SSSR count). The van der Waals surface area contributed by atoms with Crippen LogP contribution in [-0.2, 0) is 10.8 Å². The molecule has 0 radical (unpaired) electrons. The van der Waals surface area contributed by atoms with Crippen molar-refractivity contribution in [2.75, 3.05) is 4.90 Å². The van der Waals surface area contributed by atoms with E-state index in [0.29, 0.717) is 5.41 Å². The van der Waals surface area contributed by atoms with Crippen molar-refractivity contribution in [1.29, 1.82) is 0 Å². The van der Waals surface area contributed by atoms with Gasteiger partial charge in [-0.2, -0.15) is 0 Å². The van der Waals surface area contributed by atoms with Crippen molar-refractivity contribution in [2.24, 2.45) is 17.8 Å². The van der Waals surface area contributed by atoms with E-state index in [-0.39, 0.29) is 5.41 Å².